The number of hydrogen-bond donors (Lipinski definition) is 4. The fourth-order valence-corrected chi connectivity index (χ4v) is 4.67. The molecule has 0 unspecified atom stereocenters. The zero-order chi connectivity index (χ0) is 22.8. The third-order valence-corrected chi connectivity index (χ3v) is 6.53. The van der Waals surface area contributed by atoms with Crippen molar-refractivity contribution in [3.05, 3.63) is 59.2 Å². The molecule has 2 aromatic rings. The van der Waals surface area contributed by atoms with Gasteiger partial charge in [0.2, 0.25) is 0 Å². The van der Waals surface area contributed by atoms with Gasteiger partial charge in [-0.25, -0.2) is 8.42 Å². The van der Waals surface area contributed by atoms with Crippen LogP contribution in [-0.2, 0) is 21.0 Å². The Labute approximate surface area is 181 Å². The number of sulfone groups is 1. The molecule has 0 aliphatic carbocycles. The maximum Gasteiger partial charge on any atom is 0.175 e. The van der Waals surface area contributed by atoms with Gasteiger partial charge in [-0.15, -0.1) is 0 Å². The molecule has 4 N–H and O–H groups in total. The highest BCUT2D eigenvalue weighted by atomic mass is 32.2. The predicted octanol–water partition coefficient (Wildman–Crippen LogP) is 0.594. The molecule has 0 amide bonds. The first-order valence-electron chi connectivity index (χ1n) is 10.0. The number of hydrogen-bond acceptors (Lipinski definition) is 8. The summed E-state index contributed by atoms with van der Waals surface area (Å²) in [5.74, 6) is 0.713. The SMILES string of the molecule is CCOc1ccc(Cc2cc([C@@H]3O[C@H](CO)[C@@H](O)[C@H](O)[C@H]3O)ccc2S(C)(=O)=O)cc1. The molecule has 9 heteroatoms. The number of rotatable bonds is 7. The normalized spacial score (nSPS) is 26.6. The van der Waals surface area contributed by atoms with E-state index in [1.54, 1.807) is 18.2 Å². The van der Waals surface area contributed by atoms with Crippen molar-refractivity contribution in [1.82, 2.24) is 0 Å². The topological polar surface area (TPSA) is 134 Å². The van der Waals surface area contributed by atoms with E-state index in [1.807, 2.05) is 19.1 Å². The van der Waals surface area contributed by atoms with Gasteiger partial charge in [0.15, 0.2) is 9.84 Å². The fraction of sp³-hybridized carbons (Fsp3) is 0.455. The van der Waals surface area contributed by atoms with Gasteiger partial charge < -0.3 is 29.9 Å². The Morgan fingerprint density at radius 2 is 1.68 bits per heavy atom. The molecule has 0 radical (unpaired) electrons. The van der Waals surface area contributed by atoms with E-state index in [9.17, 15) is 28.8 Å². The zero-order valence-electron chi connectivity index (χ0n) is 17.4. The molecule has 1 aliphatic rings. The summed E-state index contributed by atoms with van der Waals surface area (Å²) in [7, 11) is -3.52. The van der Waals surface area contributed by atoms with E-state index in [1.165, 1.54) is 12.1 Å². The van der Waals surface area contributed by atoms with Gasteiger partial charge in [-0.3, -0.25) is 0 Å². The molecule has 31 heavy (non-hydrogen) atoms. The minimum absolute atomic E-state index is 0.148. The van der Waals surface area contributed by atoms with E-state index in [0.29, 0.717) is 29.9 Å². The van der Waals surface area contributed by atoms with Crippen molar-refractivity contribution >= 4 is 9.84 Å². The van der Waals surface area contributed by atoms with Crippen LogP contribution < -0.4 is 4.74 Å². The lowest BCUT2D eigenvalue weighted by molar-refractivity contribution is -0.231. The second-order valence-corrected chi connectivity index (χ2v) is 9.63. The molecule has 170 valence electrons. The van der Waals surface area contributed by atoms with Gasteiger partial charge in [-0.2, -0.15) is 0 Å². The first-order valence-corrected chi connectivity index (χ1v) is 11.9. The van der Waals surface area contributed by atoms with Gasteiger partial charge in [0, 0.05) is 6.26 Å². The Morgan fingerprint density at radius 3 is 2.26 bits per heavy atom. The molecule has 0 saturated carbocycles. The second-order valence-electron chi connectivity index (χ2n) is 7.64. The summed E-state index contributed by atoms with van der Waals surface area (Å²) < 4.78 is 35.7. The summed E-state index contributed by atoms with van der Waals surface area (Å²) in [4.78, 5) is 0.148. The van der Waals surface area contributed by atoms with Crippen molar-refractivity contribution in [2.24, 2.45) is 0 Å². The lowest BCUT2D eigenvalue weighted by Crippen LogP contribution is -2.55. The molecule has 2 aromatic carbocycles. The van der Waals surface area contributed by atoms with Crippen LogP contribution in [0.1, 0.15) is 29.7 Å². The maximum absolute atomic E-state index is 12.3. The molecular formula is C22H28O8S. The van der Waals surface area contributed by atoms with Gasteiger partial charge in [0.05, 0.1) is 18.1 Å². The fourth-order valence-electron chi connectivity index (χ4n) is 3.74. The largest absolute Gasteiger partial charge is 0.494 e. The standard InChI is InChI=1S/C22H28O8S/c1-3-29-16-7-4-13(5-8-16)10-15-11-14(6-9-18(15)31(2,27)28)22-21(26)20(25)19(24)17(12-23)30-22/h4-9,11,17,19-26H,3,10,12H2,1-2H3/t17-,19-,20+,21-,22+/m1/s1. The van der Waals surface area contributed by atoms with Crippen LogP contribution in [0.15, 0.2) is 47.4 Å². The number of aliphatic hydroxyl groups excluding tert-OH is 4. The molecule has 0 aromatic heterocycles. The Hall–Kier alpha value is -2.01. The Morgan fingerprint density at radius 1 is 1.00 bits per heavy atom. The third-order valence-electron chi connectivity index (χ3n) is 5.33. The first-order chi connectivity index (χ1) is 14.7. The second kappa shape index (κ2) is 9.64. The van der Waals surface area contributed by atoms with Crippen LogP contribution in [0.25, 0.3) is 0 Å². The summed E-state index contributed by atoms with van der Waals surface area (Å²) in [5.41, 5.74) is 1.80. The molecule has 1 saturated heterocycles. The van der Waals surface area contributed by atoms with Crippen LogP contribution in [0.2, 0.25) is 0 Å². The Kier molecular flexibility index (Phi) is 7.35. The summed E-state index contributed by atoms with van der Waals surface area (Å²) in [6, 6.07) is 11.9. The Bertz CT molecular complexity index is 987. The van der Waals surface area contributed by atoms with Gasteiger partial charge in [0.25, 0.3) is 0 Å². The lowest BCUT2D eigenvalue weighted by atomic mass is 9.90. The highest BCUT2D eigenvalue weighted by Crippen LogP contribution is 2.34. The van der Waals surface area contributed by atoms with E-state index in [2.05, 4.69) is 0 Å². The smallest absolute Gasteiger partial charge is 0.175 e. The third kappa shape index (κ3) is 5.25. The van der Waals surface area contributed by atoms with Gasteiger partial charge >= 0.3 is 0 Å². The van der Waals surface area contributed by atoms with Crippen molar-refractivity contribution < 1.29 is 38.3 Å². The molecule has 8 nitrogen and oxygen atoms in total. The molecule has 0 bridgehead atoms. The summed E-state index contributed by atoms with van der Waals surface area (Å²) in [5, 5.41) is 39.9. The minimum Gasteiger partial charge on any atom is -0.494 e. The van der Waals surface area contributed by atoms with Crippen LogP contribution in [-0.4, -0.2) is 72.7 Å². The lowest BCUT2D eigenvalue weighted by Gasteiger charge is -2.40. The number of ether oxygens (including phenoxy) is 2. The monoisotopic (exact) mass is 452 g/mol. The molecule has 1 heterocycles. The van der Waals surface area contributed by atoms with E-state index in [4.69, 9.17) is 9.47 Å². The van der Waals surface area contributed by atoms with Crippen molar-refractivity contribution in [3.8, 4) is 5.75 Å². The highest BCUT2D eigenvalue weighted by Gasteiger charge is 2.44. The highest BCUT2D eigenvalue weighted by molar-refractivity contribution is 7.90. The number of aliphatic hydroxyl groups is 4. The molecule has 5 atom stereocenters. The van der Waals surface area contributed by atoms with Gasteiger partial charge in [-0.1, -0.05) is 24.3 Å². The molecule has 3 rings (SSSR count). The number of benzene rings is 2. The van der Waals surface area contributed by atoms with Crippen LogP contribution in [0.4, 0.5) is 0 Å². The van der Waals surface area contributed by atoms with E-state index in [0.717, 1.165) is 11.8 Å². The predicted molar refractivity (Wildman–Crippen MR) is 113 cm³/mol. The van der Waals surface area contributed by atoms with Crippen molar-refractivity contribution in [1.29, 1.82) is 0 Å². The van der Waals surface area contributed by atoms with E-state index < -0.39 is 47.0 Å². The van der Waals surface area contributed by atoms with E-state index >= 15 is 0 Å². The summed E-state index contributed by atoms with van der Waals surface area (Å²) in [6.07, 6.45) is -5.08. The van der Waals surface area contributed by atoms with Crippen LogP contribution >= 0.6 is 0 Å². The van der Waals surface area contributed by atoms with Crippen molar-refractivity contribution in [2.75, 3.05) is 19.5 Å². The summed E-state index contributed by atoms with van der Waals surface area (Å²) in [6.45, 7) is 1.89. The maximum atomic E-state index is 12.3. The Balaban J connectivity index is 1.97. The van der Waals surface area contributed by atoms with Crippen LogP contribution in [0.3, 0.4) is 0 Å². The van der Waals surface area contributed by atoms with Crippen LogP contribution in [0, 0.1) is 0 Å². The average molecular weight is 453 g/mol. The quantitative estimate of drug-likeness (QED) is 0.480. The van der Waals surface area contributed by atoms with E-state index in [-0.39, 0.29) is 4.90 Å². The van der Waals surface area contributed by atoms with Gasteiger partial charge in [0.1, 0.15) is 36.3 Å². The van der Waals surface area contributed by atoms with Crippen molar-refractivity contribution in [2.45, 2.75) is 48.8 Å². The van der Waals surface area contributed by atoms with Crippen LogP contribution in [0.5, 0.6) is 5.75 Å². The molecule has 1 aliphatic heterocycles. The first kappa shape index (κ1) is 23.6. The summed E-state index contributed by atoms with van der Waals surface area (Å²) >= 11 is 0. The molecule has 1 fully saturated rings. The molecule has 0 spiro atoms. The minimum atomic E-state index is -3.52. The zero-order valence-corrected chi connectivity index (χ0v) is 18.2. The molecular weight excluding hydrogens is 424 g/mol. The average Bonchev–Trinajstić information content (AvgIpc) is 2.73. The van der Waals surface area contributed by atoms with Crippen molar-refractivity contribution in [3.63, 3.8) is 0 Å². The van der Waals surface area contributed by atoms with Gasteiger partial charge in [-0.05, 0) is 48.2 Å².